The Kier molecular flexibility index (Phi) is 10.3. The molecule has 39 heavy (non-hydrogen) atoms. The van der Waals surface area contributed by atoms with Crippen LogP contribution in [-0.2, 0) is 22.4 Å². The number of nitrogens with one attached hydrogen (secondary N) is 1. The highest BCUT2D eigenvalue weighted by molar-refractivity contribution is 5.87. The molecular weight excluding hydrogens is 490 g/mol. The molecule has 0 saturated heterocycles. The molecule has 2 amide bonds. The zero-order valence-corrected chi connectivity index (χ0v) is 23.2. The van der Waals surface area contributed by atoms with Crippen LogP contribution >= 0.6 is 0 Å². The average Bonchev–Trinajstić information content (AvgIpc) is 3.52. The van der Waals surface area contributed by atoms with Crippen molar-refractivity contribution >= 4 is 17.5 Å². The largest absolute Gasteiger partial charge is 0.355 e. The zero-order chi connectivity index (χ0) is 27.2. The third-order valence-corrected chi connectivity index (χ3v) is 7.25. The predicted molar refractivity (Wildman–Crippen MR) is 156 cm³/mol. The van der Waals surface area contributed by atoms with Crippen LogP contribution in [0.2, 0.25) is 0 Å². The Morgan fingerprint density at radius 3 is 2.38 bits per heavy atom. The minimum atomic E-state index is -0.0994. The fourth-order valence-corrected chi connectivity index (χ4v) is 4.99. The van der Waals surface area contributed by atoms with Gasteiger partial charge in [0, 0.05) is 37.8 Å². The molecule has 1 aromatic heterocycles. The minimum Gasteiger partial charge on any atom is -0.355 e. The summed E-state index contributed by atoms with van der Waals surface area (Å²) in [5.74, 6) is 1.44. The van der Waals surface area contributed by atoms with Gasteiger partial charge in [-0.1, -0.05) is 62.8 Å². The fourth-order valence-electron chi connectivity index (χ4n) is 4.99. The van der Waals surface area contributed by atoms with E-state index in [1.165, 1.54) is 11.1 Å². The zero-order valence-electron chi connectivity index (χ0n) is 23.2. The summed E-state index contributed by atoms with van der Waals surface area (Å²) in [4.78, 5) is 34.6. The SMILES string of the molecule is C.Cc1nc(-c2ccc(C)c(N(CC(=O)NCCCC(C)C)CC(=O)N(C)C3Cc4ccccc4C3)c2)no1. The molecular formula is C31H43N5O3. The molecule has 1 aliphatic carbocycles. The molecule has 0 radical (unpaired) electrons. The number of amides is 2. The van der Waals surface area contributed by atoms with Crippen LogP contribution in [0.5, 0.6) is 0 Å². The van der Waals surface area contributed by atoms with Gasteiger partial charge in [-0.3, -0.25) is 9.59 Å². The number of hydrogen-bond acceptors (Lipinski definition) is 6. The summed E-state index contributed by atoms with van der Waals surface area (Å²) < 4.78 is 5.17. The number of nitrogens with zero attached hydrogens (tertiary/aromatic N) is 4. The molecule has 1 heterocycles. The Morgan fingerprint density at radius 2 is 1.77 bits per heavy atom. The molecule has 2 aromatic carbocycles. The van der Waals surface area contributed by atoms with Crippen molar-refractivity contribution in [3.8, 4) is 11.4 Å². The van der Waals surface area contributed by atoms with Gasteiger partial charge >= 0.3 is 0 Å². The van der Waals surface area contributed by atoms with Crippen molar-refractivity contribution in [3.63, 3.8) is 0 Å². The van der Waals surface area contributed by atoms with E-state index in [0.717, 1.165) is 42.5 Å². The van der Waals surface area contributed by atoms with Crippen LogP contribution in [0.15, 0.2) is 47.0 Å². The second kappa shape index (κ2) is 13.4. The number of hydrogen-bond donors (Lipinski definition) is 1. The first-order chi connectivity index (χ1) is 18.2. The highest BCUT2D eigenvalue weighted by atomic mass is 16.5. The molecule has 0 saturated carbocycles. The quantitative estimate of drug-likeness (QED) is 0.350. The first-order valence-electron chi connectivity index (χ1n) is 13.5. The molecule has 0 aliphatic heterocycles. The number of anilines is 1. The lowest BCUT2D eigenvalue weighted by atomic mass is 10.1. The van der Waals surface area contributed by atoms with Crippen molar-refractivity contribution in [2.24, 2.45) is 5.92 Å². The van der Waals surface area contributed by atoms with Gasteiger partial charge in [-0.2, -0.15) is 4.98 Å². The lowest BCUT2D eigenvalue weighted by Gasteiger charge is -2.30. The number of aryl methyl sites for hydroxylation is 2. The summed E-state index contributed by atoms with van der Waals surface area (Å²) >= 11 is 0. The summed E-state index contributed by atoms with van der Waals surface area (Å²) in [6.45, 7) is 8.89. The van der Waals surface area contributed by atoms with E-state index < -0.39 is 0 Å². The monoisotopic (exact) mass is 533 g/mol. The van der Waals surface area contributed by atoms with E-state index in [-0.39, 0.29) is 38.4 Å². The summed E-state index contributed by atoms with van der Waals surface area (Å²) in [6.07, 6.45) is 3.68. The van der Waals surface area contributed by atoms with Gasteiger partial charge in [-0.15, -0.1) is 0 Å². The van der Waals surface area contributed by atoms with E-state index >= 15 is 0 Å². The second-order valence-corrected chi connectivity index (χ2v) is 10.7. The third kappa shape index (κ3) is 7.68. The van der Waals surface area contributed by atoms with Crippen molar-refractivity contribution in [1.29, 1.82) is 0 Å². The van der Waals surface area contributed by atoms with Crippen molar-refractivity contribution < 1.29 is 14.1 Å². The van der Waals surface area contributed by atoms with Gasteiger partial charge in [-0.05, 0) is 61.3 Å². The average molecular weight is 534 g/mol. The number of aromatic nitrogens is 2. The molecule has 8 heteroatoms. The van der Waals surface area contributed by atoms with Crippen molar-refractivity contribution in [2.45, 2.75) is 66.8 Å². The van der Waals surface area contributed by atoms with Gasteiger partial charge in [0.05, 0.1) is 13.1 Å². The molecule has 0 spiro atoms. The topological polar surface area (TPSA) is 91.6 Å². The van der Waals surface area contributed by atoms with Crippen LogP contribution in [0, 0.1) is 19.8 Å². The van der Waals surface area contributed by atoms with Crippen LogP contribution in [-0.4, -0.2) is 59.6 Å². The molecule has 210 valence electrons. The van der Waals surface area contributed by atoms with Gasteiger partial charge in [-0.25, -0.2) is 0 Å². The Morgan fingerprint density at radius 1 is 1.08 bits per heavy atom. The van der Waals surface area contributed by atoms with Crippen LogP contribution in [0.4, 0.5) is 5.69 Å². The molecule has 4 rings (SSSR count). The molecule has 0 unspecified atom stereocenters. The Bertz CT molecular complexity index is 1240. The van der Waals surface area contributed by atoms with Crippen molar-refractivity contribution in [2.75, 3.05) is 31.6 Å². The highest BCUT2D eigenvalue weighted by Crippen LogP contribution is 2.28. The summed E-state index contributed by atoms with van der Waals surface area (Å²) in [7, 11) is 1.87. The predicted octanol–water partition coefficient (Wildman–Crippen LogP) is 4.97. The second-order valence-electron chi connectivity index (χ2n) is 10.7. The molecule has 8 nitrogen and oxygen atoms in total. The molecule has 3 aromatic rings. The molecule has 0 atom stereocenters. The van der Waals surface area contributed by atoms with Crippen molar-refractivity contribution in [3.05, 3.63) is 65.0 Å². The Labute approximate surface area is 232 Å². The van der Waals surface area contributed by atoms with E-state index in [4.69, 9.17) is 4.52 Å². The van der Waals surface area contributed by atoms with E-state index in [1.54, 1.807) is 6.92 Å². The van der Waals surface area contributed by atoms with Gasteiger partial charge < -0.3 is 19.6 Å². The van der Waals surface area contributed by atoms with Crippen LogP contribution in [0.3, 0.4) is 0 Å². The van der Waals surface area contributed by atoms with Gasteiger partial charge in [0.15, 0.2) is 0 Å². The van der Waals surface area contributed by atoms with E-state index in [1.807, 2.05) is 54.1 Å². The number of carbonyl (C=O) groups is 2. The smallest absolute Gasteiger partial charge is 0.242 e. The highest BCUT2D eigenvalue weighted by Gasteiger charge is 2.29. The van der Waals surface area contributed by atoms with Crippen molar-refractivity contribution in [1.82, 2.24) is 20.4 Å². The van der Waals surface area contributed by atoms with Crippen LogP contribution in [0.1, 0.15) is 56.7 Å². The summed E-state index contributed by atoms with van der Waals surface area (Å²) in [6, 6.07) is 14.3. The molecule has 0 bridgehead atoms. The normalized spacial score (nSPS) is 12.7. The van der Waals surface area contributed by atoms with E-state index in [2.05, 4.69) is 41.4 Å². The maximum Gasteiger partial charge on any atom is 0.242 e. The lowest BCUT2D eigenvalue weighted by molar-refractivity contribution is -0.130. The van der Waals surface area contributed by atoms with E-state index in [9.17, 15) is 9.59 Å². The van der Waals surface area contributed by atoms with Gasteiger partial charge in [0.25, 0.3) is 0 Å². The number of likely N-dealkylation sites (N-methyl/N-ethyl adjacent to an activating group) is 1. The first-order valence-corrected chi connectivity index (χ1v) is 13.5. The Hall–Kier alpha value is -3.68. The molecule has 1 N–H and O–H groups in total. The van der Waals surface area contributed by atoms with E-state index in [0.29, 0.717) is 24.2 Å². The standard InChI is InChI=1S/C30H39N5O3.CH4/c1-20(2)9-8-14-31-28(36)18-35(27-17-25(13-12-21(27)3)30-32-22(4)38-33-30)19-29(37)34(5)26-15-23-10-6-7-11-24(23)16-26;/h6-7,10-13,17,20,26H,8-9,14-16,18-19H2,1-5H3,(H,31,36);1H4. The molecule has 0 fully saturated rings. The summed E-state index contributed by atoms with van der Waals surface area (Å²) in [5, 5.41) is 7.07. The number of carbonyl (C=O) groups excluding carboxylic acids is 2. The number of benzene rings is 2. The third-order valence-electron chi connectivity index (χ3n) is 7.25. The lowest BCUT2D eigenvalue weighted by Crippen LogP contribution is -2.47. The fraction of sp³-hybridized carbons (Fsp3) is 0.484. The van der Waals surface area contributed by atoms with Crippen LogP contribution < -0.4 is 10.2 Å². The minimum absolute atomic E-state index is 0. The maximum atomic E-state index is 13.6. The summed E-state index contributed by atoms with van der Waals surface area (Å²) in [5.41, 5.74) is 5.14. The van der Waals surface area contributed by atoms with Gasteiger partial charge in [0.2, 0.25) is 23.5 Å². The van der Waals surface area contributed by atoms with Crippen LogP contribution in [0.25, 0.3) is 11.4 Å². The number of rotatable bonds is 11. The number of fused-ring (bicyclic) bond motifs is 1. The Balaban J connectivity index is 0.00000420. The maximum absolute atomic E-state index is 13.6. The van der Waals surface area contributed by atoms with Gasteiger partial charge in [0.1, 0.15) is 0 Å². The first kappa shape index (κ1) is 29.9. The molecule has 1 aliphatic rings.